The second-order valence-electron chi connectivity index (χ2n) is 8.60. The molecule has 204 valence electrons. The van der Waals surface area contributed by atoms with E-state index >= 15 is 0 Å². The molecule has 1 saturated heterocycles. The molecule has 0 spiro atoms. The molecule has 0 bridgehead atoms. The van der Waals surface area contributed by atoms with Crippen LogP contribution < -0.4 is 21.5 Å². The average Bonchev–Trinajstić information content (AvgIpc) is 2.91. The highest BCUT2D eigenvalue weighted by Gasteiger charge is 2.54. The molecule has 0 radical (unpaired) electrons. The third-order valence-corrected chi connectivity index (χ3v) is 7.25. The molecule has 14 nitrogen and oxygen atoms in total. The third-order valence-electron chi connectivity index (χ3n) is 5.91. The van der Waals surface area contributed by atoms with E-state index in [9.17, 15) is 33.9 Å². The van der Waals surface area contributed by atoms with E-state index in [1.165, 1.54) is 42.8 Å². The lowest BCUT2D eigenvalue weighted by Gasteiger charge is -2.49. The van der Waals surface area contributed by atoms with Gasteiger partial charge < -0.3 is 30.4 Å². The van der Waals surface area contributed by atoms with Crippen LogP contribution in [0.4, 0.5) is 10.5 Å². The zero-order chi connectivity index (χ0) is 28.3. The van der Waals surface area contributed by atoms with Gasteiger partial charge in [0.2, 0.25) is 5.91 Å². The van der Waals surface area contributed by atoms with Gasteiger partial charge in [0.15, 0.2) is 0 Å². The molecule has 1 fully saturated rings. The Morgan fingerprint density at radius 3 is 2.59 bits per heavy atom. The van der Waals surface area contributed by atoms with Gasteiger partial charge >= 0.3 is 18.0 Å². The van der Waals surface area contributed by atoms with Gasteiger partial charge in [0, 0.05) is 25.3 Å². The normalized spacial score (nSPS) is 18.8. The predicted octanol–water partition coefficient (Wildman–Crippen LogP) is -0.0552. The monoisotopic (exact) mass is 556 g/mol. The summed E-state index contributed by atoms with van der Waals surface area (Å²) in [6.07, 6.45) is 2.45. The van der Waals surface area contributed by atoms with Gasteiger partial charge in [0.1, 0.15) is 35.4 Å². The number of fused-ring (bicyclic) bond motifs is 1. The number of rotatable bonds is 8. The summed E-state index contributed by atoms with van der Waals surface area (Å²) in [7, 11) is 1.46. The minimum atomic E-state index is -1.36. The van der Waals surface area contributed by atoms with E-state index in [1.807, 2.05) is 0 Å². The Balaban J connectivity index is 1.50. The smallest absolute Gasteiger partial charge is 0.352 e. The number of amides is 4. The van der Waals surface area contributed by atoms with Crippen LogP contribution in [0, 0.1) is 0 Å². The van der Waals surface area contributed by atoms with Gasteiger partial charge in [-0.1, -0.05) is 30.3 Å². The van der Waals surface area contributed by atoms with Gasteiger partial charge in [0.25, 0.3) is 11.5 Å². The molecule has 3 heterocycles. The van der Waals surface area contributed by atoms with Crippen molar-refractivity contribution in [3.63, 3.8) is 0 Å². The quantitative estimate of drug-likeness (QED) is 0.253. The summed E-state index contributed by atoms with van der Waals surface area (Å²) in [5.41, 5.74) is -0.236. The number of carboxylic acid groups (broad SMARTS) is 1. The topological polar surface area (TPSA) is 189 Å². The molecule has 0 saturated carbocycles. The lowest BCUT2D eigenvalue weighted by atomic mass is 10.0. The van der Waals surface area contributed by atoms with Crippen molar-refractivity contribution < 1.29 is 33.8 Å². The highest BCUT2D eigenvalue weighted by molar-refractivity contribution is 8.00. The summed E-state index contributed by atoms with van der Waals surface area (Å²) in [4.78, 5) is 79.2. The first-order valence-corrected chi connectivity index (χ1v) is 12.6. The number of aryl methyl sites for hydroxylation is 1. The molecule has 2 aliphatic heterocycles. The second-order valence-corrected chi connectivity index (χ2v) is 9.70. The van der Waals surface area contributed by atoms with Crippen molar-refractivity contribution in [3.8, 4) is 0 Å². The summed E-state index contributed by atoms with van der Waals surface area (Å²) in [6.45, 7) is 0.917. The van der Waals surface area contributed by atoms with Crippen molar-refractivity contribution in [3.05, 3.63) is 70.0 Å². The number of aromatic nitrogens is 2. The zero-order valence-corrected chi connectivity index (χ0v) is 21.6. The van der Waals surface area contributed by atoms with Gasteiger partial charge in [-0.15, -0.1) is 11.8 Å². The Bertz CT molecular complexity index is 1430. The van der Waals surface area contributed by atoms with Crippen molar-refractivity contribution in [2.45, 2.75) is 24.4 Å². The van der Waals surface area contributed by atoms with Crippen molar-refractivity contribution >= 4 is 47.2 Å². The number of nitrogens with one attached hydrogen (secondary N) is 3. The van der Waals surface area contributed by atoms with Gasteiger partial charge in [-0.05, 0) is 5.56 Å². The number of hydrogen-bond donors (Lipinski definition) is 4. The first-order valence-electron chi connectivity index (χ1n) is 11.5. The van der Waals surface area contributed by atoms with E-state index in [4.69, 9.17) is 4.74 Å². The molecule has 2 unspecified atom stereocenters. The van der Waals surface area contributed by atoms with Crippen molar-refractivity contribution in [2.75, 3.05) is 17.7 Å². The number of nitrogens with zero attached hydrogens (tertiary/aromatic N) is 3. The van der Waals surface area contributed by atoms with Crippen molar-refractivity contribution in [1.82, 2.24) is 25.1 Å². The molecule has 1 aromatic heterocycles. The number of esters is 1. The number of benzene rings is 1. The van der Waals surface area contributed by atoms with Crippen LogP contribution in [0.3, 0.4) is 0 Å². The highest BCUT2D eigenvalue weighted by Crippen LogP contribution is 2.40. The van der Waals surface area contributed by atoms with E-state index in [1.54, 1.807) is 30.3 Å². The number of hydrogen-bond acceptors (Lipinski definition) is 9. The number of β-lactam (4-membered cyclic amide) rings is 1. The highest BCUT2D eigenvalue weighted by atomic mass is 32.2. The van der Waals surface area contributed by atoms with E-state index in [0.29, 0.717) is 5.56 Å². The maximum Gasteiger partial charge on any atom is 0.352 e. The fraction of sp³-hybridized carbons (Fsp3) is 0.292. The number of thioether (sulfide) groups is 1. The number of ether oxygens (including phenoxy) is 1. The van der Waals surface area contributed by atoms with Crippen molar-refractivity contribution in [1.29, 1.82) is 0 Å². The number of urea groups is 1. The molecule has 4 rings (SSSR count). The summed E-state index contributed by atoms with van der Waals surface area (Å²) in [5.74, 6) is -3.16. The summed E-state index contributed by atoms with van der Waals surface area (Å²) >= 11 is 1.21. The zero-order valence-electron chi connectivity index (χ0n) is 20.7. The third kappa shape index (κ3) is 5.77. The molecule has 1 aromatic carbocycles. The van der Waals surface area contributed by atoms with Crippen LogP contribution in [-0.2, 0) is 31.0 Å². The van der Waals surface area contributed by atoms with Crippen molar-refractivity contribution in [2.24, 2.45) is 7.05 Å². The number of carboxylic acids is 1. The van der Waals surface area contributed by atoms with E-state index in [-0.39, 0.29) is 29.3 Å². The van der Waals surface area contributed by atoms with E-state index < -0.39 is 52.8 Å². The predicted molar refractivity (Wildman–Crippen MR) is 137 cm³/mol. The largest absolute Gasteiger partial charge is 0.477 e. The first kappa shape index (κ1) is 27.4. The summed E-state index contributed by atoms with van der Waals surface area (Å²) in [6, 6.07) is 5.07. The number of anilines is 1. The first-order chi connectivity index (χ1) is 18.6. The Kier molecular flexibility index (Phi) is 7.99. The Morgan fingerprint density at radius 2 is 1.92 bits per heavy atom. The fourth-order valence-electron chi connectivity index (χ4n) is 4.05. The van der Waals surface area contributed by atoms with Crippen LogP contribution in [0.15, 0.2) is 58.9 Å². The fourth-order valence-corrected chi connectivity index (χ4v) is 5.37. The Morgan fingerprint density at radius 1 is 1.21 bits per heavy atom. The van der Waals surface area contributed by atoms with Crippen LogP contribution in [0.1, 0.15) is 18.5 Å². The minimum absolute atomic E-state index is 0.106. The van der Waals surface area contributed by atoms with Gasteiger partial charge in [0.05, 0.1) is 12.5 Å². The van der Waals surface area contributed by atoms with Crippen LogP contribution in [0.2, 0.25) is 0 Å². The maximum atomic E-state index is 13.3. The number of carbonyl (C=O) groups excluding carboxylic acids is 4. The molecule has 0 aliphatic carbocycles. The molecule has 39 heavy (non-hydrogen) atoms. The van der Waals surface area contributed by atoms with Gasteiger partial charge in [-0.3, -0.25) is 24.1 Å². The molecule has 4 N–H and O–H groups in total. The lowest BCUT2D eigenvalue weighted by molar-refractivity contribution is -0.151. The summed E-state index contributed by atoms with van der Waals surface area (Å²) < 4.78 is 6.09. The minimum Gasteiger partial charge on any atom is -0.477 e. The molecule has 2 aromatic rings. The standard InChI is InChI=1S/C24H24N6O8S/c1-12(31)38-9-14-10-39-22-17(21(34)30(22)18(14)23(35)36)27-19(32)16(13-6-4-3-5-7-13)28-24(37)26-15-8-25-11-29(2)20(15)33/h3-8,11,16-17,22H,9-10H2,1-2H3,(H,27,32)(H,35,36)(H2,26,28,37)/t16?,17?,22-/m0/s1. The summed E-state index contributed by atoms with van der Waals surface area (Å²) in [5, 5.41) is 16.5. The average molecular weight is 557 g/mol. The molecule has 2 aliphatic rings. The SMILES string of the molecule is CC(=O)OCC1=C(C(=O)O)N2C(=O)C(NC(=O)C(NC(=O)Nc3cncn(C)c3=O)c3ccccc3)[C@@H]2SC1. The van der Waals surface area contributed by atoms with Gasteiger partial charge in [-0.25, -0.2) is 14.6 Å². The number of carbonyl (C=O) groups is 5. The molecule has 15 heteroatoms. The number of aliphatic carboxylic acids is 1. The lowest BCUT2D eigenvalue weighted by Crippen LogP contribution is -2.71. The Hall–Kier alpha value is -4.66. The van der Waals surface area contributed by atoms with Crippen LogP contribution in [0.25, 0.3) is 0 Å². The second kappa shape index (κ2) is 11.4. The molecular weight excluding hydrogens is 532 g/mol. The Labute approximate surface area is 225 Å². The maximum absolute atomic E-state index is 13.3. The van der Waals surface area contributed by atoms with E-state index in [0.717, 1.165) is 4.90 Å². The van der Waals surface area contributed by atoms with Crippen LogP contribution in [-0.4, -0.2) is 73.1 Å². The van der Waals surface area contributed by atoms with E-state index in [2.05, 4.69) is 20.9 Å². The molecular formula is C24H24N6O8S. The molecule has 4 amide bonds. The van der Waals surface area contributed by atoms with Crippen LogP contribution in [0.5, 0.6) is 0 Å². The van der Waals surface area contributed by atoms with Gasteiger partial charge in [-0.2, -0.15) is 0 Å². The molecule has 3 atom stereocenters. The van der Waals surface area contributed by atoms with Crippen LogP contribution >= 0.6 is 11.8 Å².